The zero-order valence-corrected chi connectivity index (χ0v) is 17.2. The molecule has 2 heterocycles. The first kappa shape index (κ1) is 19.9. The van der Waals surface area contributed by atoms with E-state index in [9.17, 15) is 4.79 Å². The van der Waals surface area contributed by atoms with Crippen LogP contribution in [0.3, 0.4) is 0 Å². The second-order valence-corrected chi connectivity index (χ2v) is 7.26. The first-order valence-electron chi connectivity index (χ1n) is 8.87. The van der Waals surface area contributed by atoms with Gasteiger partial charge in [0.2, 0.25) is 17.6 Å². The molecule has 0 aliphatic rings. The van der Waals surface area contributed by atoms with Gasteiger partial charge in [0.1, 0.15) is 0 Å². The Kier molecular flexibility index (Phi) is 6.30. The van der Waals surface area contributed by atoms with Crippen LogP contribution in [0.25, 0.3) is 11.4 Å². The number of nitrogens with zero attached hydrogens (tertiary/aromatic N) is 3. The molecule has 7 nitrogen and oxygen atoms in total. The molecule has 1 unspecified atom stereocenters. The smallest absolute Gasteiger partial charge is 0.227 e. The van der Waals surface area contributed by atoms with Gasteiger partial charge in [0.05, 0.1) is 20.3 Å². The summed E-state index contributed by atoms with van der Waals surface area (Å²) in [6.07, 6.45) is 0.695. The number of amides is 1. The Bertz CT molecular complexity index is 923. The lowest BCUT2D eigenvalue weighted by Crippen LogP contribution is -2.29. The second-order valence-electron chi connectivity index (χ2n) is 6.28. The minimum atomic E-state index is 0.0340. The van der Waals surface area contributed by atoms with Crippen LogP contribution in [0.15, 0.2) is 40.2 Å². The van der Waals surface area contributed by atoms with Gasteiger partial charge in [-0.3, -0.25) is 4.79 Å². The summed E-state index contributed by atoms with van der Waals surface area (Å²) in [6.45, 7) is 2.02. The van der Waals surface area contributed by atoms with Gasteiger partial charge in [-0.1, -0.05) is 11.2 Å². The van der Waals surface area contributed by atoms with Crippen LogP contribution < -0.4 is 9.47 Å². The predicted octanol–water partition coefficient (Wildman–Crippen LogP) is 3.97. The van der Waals surface area contributed by atoms with E-state index < -0.39 is 0 Å². The topological polar surface area (TPSA) is 77.7 Å². The Balaban J connectivity index is 1.62. The molecule has 0 saturated carbocycles. The molecule has 1 atom stereocenters. The van der Waals surface area contributed by atoms with E-state index in [1.165, 1.54) is 0 Å². The van der Waals surface area contributed by atoms with Crippen molar-refractivity contribution in [1.82, 2.24) is 15.0 Å². The monoisotopic (exact) mass is 401 g/mol. The number of methoxy groups -OCH3 is 2. The molecule has 3 aromatic rings. The quantitative estimate of drug-likeness (QED) is 0.568. The lowest BCUT2D eigenvalue weighted by Gasteiger charge is -2.23. The molecule has 8 heteroatoms. The summed E-state index contributed by atoms with van der Waals surface area (Å²) in [5.74, 6) is 2.12. The van der Waals surface area contributed by atoms with E-state index in [1.54, 1.807) is 42.6 Å². The Labute approximate surface area is 167 Å². The van der Waals surface area contributed by atoms with Gasteiger partial charge in [-0.25, -0.2) is 0 Å². The van der Waals surface area contributed by atoms with E-state index in [0.29, 0.717) is 36.1 Å². The van der Waals surface area contributed by atoms with Crippen molar-refractivity contribution in [3.63, 3.8) is 0 Å². The molecular formula is C20H23N3O4S. The van der Waals surface area contributed by atoms with Gasteiger partial charge in [-0.2, -0.15) is 4.98 Å². The maximum Gasteiger partial charge on any atom is 0.227 e. The highest BCUT2D eigenvalue weighted by molar-refractivity contribution is 7.10. The number of carbonyl (C=O) groups excluding carboxylic acids is 1. The van der Waals surface area contributed by atoms with E-state index in [0.717, 1.165) is 10.4 Å². The number of rotatable bonds is 8. The van der Waals surface area contributed by atoms with Gasteiger partial charge in [0.15, 0.2) is 11.5 Å². The molecule has 0 aliphatic heterocycles. The number of thiophene rings is 1. The van der Waals surface area contributed by atoms with Crippen molar-refractivity contribution in [3.05, 3.63) is 46.5 Å². The standard InChI is InChI=1S/C20H23N3O4S/c1-13(17-6-5-11-28-17)23(2)19(24)10-9-18-21-20(22-27-18)14-7-8-15(25-3)16(12-14)26-4/h5-8,11-13H,9-10H2,1-4H3. The fourth-order valence-corrected chi connectivity index (χ4v) is 3.60. The molecule has 0 fully saturated rings. The lowest BCUT2D eigenvalue weighted by molar-refractivity contribution is -0.131. The maximum absolute atomic E-state index is 12.5. The second kappa shape index (κ2) is 8.88. The van der Waals surface area contributed by atoms with Crippen LogP contribution >= 0.6 is 11.3 Å². The zero-order valence-electron chi connectivity index (χ0n) is 16.3. The summed E-state index contributed by atoms with van der Waals surface area (Å²) < 4.78 is 15.8. The number of hydrogen-bond donors (Lipinski definition) is 0. The highest BCUT2D eigenvalue weighted by Gasteiger charge is 2.19. The van der Waals surface area contributed by atoms with Gasteiger partial charge in [-0.15, -0.1) is 11.3 Å². The van der Waals surface area contributed by atoms with Gasteiger partial charge in [0, 0.05) is 30.3 Å². The van der Waals surface area contributed by atoms with Crippen molar-refractivity contribution in [2.45, 2.75) is 25.8 Å². The Morgan fingerprint density at radius 1 is 1.25 bits per heavy atom. The summed E-state index contributed by atoms with van der Waals surface area (Å²) in [6, 6.07) is 9.47. The third-order valence-corrected chi connectivity index (χ3v) is 5.63. The van der Waals surface area contributed by atoms with Crippen molar-refractivity contribution < 1.29 is 18.8 Å². The number of ether oxygens (including phenoxy) is 2. The molecule has 0 saturated heterocycles. The Hall–Kier alpha value is -2.87. The first-order chi connectivity index (χ1) is 13.5. The minimum absolute atomic E-state index is 0.0340. The fraction of sp³-hybridized carbons (Fsp3) is 0.350. The van der Waals surface area contributed by atoms with E-state index in [4.69, 9.17) is 14.0 Å². The molecule has 0 N–H and O–H groups in total. The number of benzene rings is 1. The normalized spacial score (nSPS) is 11.9. The lowest BCUT2D eigenvalue weighted by atomic mass is 10.2. The Morgan fingerprint density at radius 2 is 2.04 bits per heavy atom. The van der Waals surface area contributed by atoms with Gasteiger partial charge in [-0.05, 0) is 36.6 Å². The molecule has 28 heavy (non-hydrogen) atoms. The summed E-state index contributed by atoms with van der Waals surface area (Å²) in [4.78, 5) is 19.8. The highest BCUT2D eigenvalue weighted by Crippen LogP contribution is 2.31. The van der Waals surface area contributed by atoms with Crippen LogP contribution in [0.1, 0.15) is 30.2 Å². The summed E-state index contributed by atoms with van der Waals surface area (Å²) in [5.41, 5.74) is 0.752. The van der Waals surface area contributed by atoms with Crippen molar-refractivity contribution >= 4 is 17.2 Å². The molecule has 148 valence electrons. The average molecular weight is 401 g/mol. The van der Waals surface area contributed by atoms with Gasteiger partial charge < -0.3 is 18.9 Å². The molecule has 3 rings (SSSR count). The number of hydrogen-bond acceptors (Lipinski definition) is 7. The molecule has 2 aromatic heterocycles. The van der Waals surface area contributed by atoms with E-state index >= 15 is 0 Å². The van der Waals surface area contributed by atoms with Crippen LogP contribution in [0, 0.1) is 0 Å². The van der Waals surface area contributed by atoms with Crippen LogP contribution in [-0.2, 0) is 11.2 Å². The first-order valence-corrected chi connectivity index (χ1v) is 9.75. The zero-order chi connectivity index (χ0) is 20.1. The van der Waals surface area contributed by atoms with Crippen LogP contribution in [-0.4, -0.2) is 42.2 Å². The largest absolute Gasteiger partial charge is 0.493 e. The van der Waals surface area contributed by atoms with E-state index in [1.807, 2.05) is 37.6 Å². The molecular weight excluding hydrogens is 378 g/mol. The summed E-state index contributed by atoms with van der Waals surface area (Å²) in [5, 5.41) is 6.02. The molecule has 0 bridgehead atoms. The number of aromatic nitrogens is 2. The minimum Gasteiger partial charge on any atom is -0.493 e. The van der Waals surface area contributed by atoms with Crippen LogP contribution in [0.2, 0.25) is 0 Å². The number of aryl methyl sites for hydroxylation is 1. The van der Waals surface area contributed by atoms with Crippen molar-refractivity contribution in [1.29, 1.82) is 0 Å². The third kappa shape index (κ3) is 4.33. The molecule has 1 amide bonds. The van der Waals surface area contributed by atoms with Crippen molar-refractivity contribution in [3.8, 4) is 22.9 Å². The van der Waals surface area contributed by atoms with Crippen molar-refractivity contribution in [2.75, 3.05) is 21.3 Å². The summed E-state index contributed by atoms with van der Waals surface area (Å²) >= 11 is 1.64. The van der Waals surface area contributed by atoms with E-state index in [-0.39, 0.29) is 11.9 Å². The molecule has 1 aromatic carbocycles. The summed E-state index contributed by atoms with van der Waals surface area (Å²) in [7, 11) is 4.97. The van der Waals surface area contributed by atoms with Gasteiger partial charge >= 0.3 is 0 Å². The highest BCUT2D eigenvalue weighted by atomic mass is 32.1. The fourth-order valence-electron chi connectivity index (χ4n) is 2.78. The molecule has 0 spiro atoms. The molecule has 0 aliphatic carbocycles. The van der Waals surface area contributed by atoms with Crippen molar-refractivity contribution in [2.24, 2.45) is 0 Å². The Morgan fingerprint density at radius 3 is 2.71 bits per heavy atom. The molecule has 0 radical (unpaired) electrons. The number of carbonyl (C=O) groups is 1. The average Bonchev–Trinajstić information content (AvgIpc) is 3.42. The van der Waals surface area contributed by atoms with Crippen LogP contribution in [0.5, 0.6) is 11.5 Å². The SMILES string of the molecule is COc1ccc(-c2noc(CCC(=O)N(C)C(C)c3cccs3)n2)cc1OC. The van der Waals surface area contributed by atoms with Crippen LogP contribution in [0.4, 0.5) is 0 Å². The predicted molar refractivity (Wildman–Crippen MR) is 107 cm³/mol. The third-order valence-electron chi connectivity index (χ3n) is 4.59. The van der Waals surface area contributed by atoms with Gasteiger partial charge in [0.25, 0.3) is 0 Å². The van der Waals surface area contributed by atoms with E-state index in [2.05, 4.69) is 10.1 Å². The maximum atomic E-state index is 12.5.